The maximum absolute atomic E-state index is 11.2. The summed E-state index contributed by atoms with van der Waals surface area (Å²) in [5.41, 5.74) is 0.928. The lowest BCUT2D eigenvalue weighted by molar-refractivity contribution is -0.144. The maximum atomic E-state index is 11.2. The number of rotatable bonds is 6. The van der Waals surface area contributed by atoms with Crippen molar-refractivity contribution in [2.75, 3.05) is 20.7 Å². The van der Waals surface area contributed by atoms with Gasteiger partial charge in [0.25, 0.3) is 0 Å². The lowest BCUT2D eigenvalue weighted by atomic mass is 10.2. The van der Waals surface area contributed by atoms with E-state index in [4.69, 9.17) is 9.47 Å². The molecule has 1 aromatic carbocycles. The van der Waals surface area contributed by atoms with Gasteiger partial charge in [0.1, 0.15) is 12.4 Å². The number of ether oxygens (including phenoxy) is 2. The Bertz CT molecular complexity index is 339. The highest BCUT2D eigenvalue weighted by molar-refractivity contribution is 5.69. The van der Waals surface area contributed by atoms with Crippen LogP contribution in [0.2, 0.25) is 0 Å². The van der Waals surface area contributed by atoms with Gasteiger partial charge in [-0.15, -0.1) is 0 Å². The molecule has 0 atom stereocenters. The van der Waals surface area contributed by atoms with Gasteiger partial charge in [-0.3, -0.25) is 4.79 Å². The minimum Gasteiger partial charge on any atom is -0.497 e. The SMILES string of the molecule is CNCCC(=O)OCc1cccc(OC)c1. The Balaban J connectivity index is 2.38. The van der Waals surface area contributed by atoms with E-state index in [1.807, 2.05) is 24.3 Å². The average Bonchev–Trinajstić information content (AvgIpc) is 2.34. The van der Waals surface area contributed by atoms with Gasteiger partial charge in [0, 0.05) is 6.54 Å². The van der Waals surface area contributed by atoms with Gasteiger partial charge in [-0.1, -0.05) is 12.1 Å². The van der Waals surface area contributed by atoms with Gasteiger partial charge in [0.2, 0.25) is 0 Å². The van der Waals surface area contributed by atoms with Gasteiger partial charge < -0.3 is 14.8 Å². The summed E-state index contributed by atoms with van der Waals surface area (Å²) in [6, 6.07) is 7.47. The Hall–Kier alpha value is -1.55. The standard InChI is InChI=1S/C12H17NO3/c1-13-7-6-12(14)16-9-10-4-3-5-11(8-10)15-2/h3-5,8,13H,6-7,9H2,1-2H3. The summed E-state index contributed by atoms with van der Waals surface area (Å²) in [5, 5.41) is 2.89. The lowest BCUT2D eigenvalue weighted by Crippen LogP contribution is -2.14. The Morgan fingerprint density at radius 1 is 1.44 bits per heavy atom. The van der Waals surface area contributed by atoms with Crippen molar-refractivity contribution in [3.63, 3.8) is 0 Å². The first kappa shape index (κ1) is 12.5. The summed E-state index contributed by atoms with van der Waals surface area (Å²) in [7, 11) is 3.41. The first-order valence-electron chi connectivity index (χ1n) is 5.19. The molecule has 0 saturated heterocycles. The van der Waals surface area contributed by atoms with Crippen LogP contribution < -0.4 is 10.1 Å². The fraction of sp³-hybridized carbons (Fsp3) is 0.417. The predicted molar refractivity (Wildman–Crippen MR) is 61.3 cm³/mol. The predicted octanol–water partition coefficient (Wildman–Crippen LogP) is 1.35. The summed E-state index contributed by atoms with van der Waals surface area (Å²) in [5.74, 6) is 0.570. The number of nitrogens with one attached hydrogen (secondary N) is 1. The van der Waals surface area contributed by atoms with Crippen molar-refractivity contribution in [2.24, 2.45) is 0 Å². The molecule has 0 unspecified atom stereocenters. The monoisotopic (exact) mass is 223 g/mol. The molecule has 0 aliphatic heterocycles. The molecule has 16 heavy (non-hydrogen) atoms. The van der Waals surface area contributed by atoms with Gasteiger partial charge >= 0.3 is 5.97 Å². The molecule has 88 valence electrons. The Morgan fingerprint density at radius 3 is 2.94 bits per heavy atom. The highest BCUT2D eigenvalue weighted by Gasteiger charge is 2.02. The first-order valence-corrected chi connectivity index (χ1v) is 5.19. The van der Waals surface area contributed by atoms with E-state index in [-0.39, 0.29) is 5.97 Å². The molecule has 0 aromatic heterocycles. The van der Waals surface area contributed by atoms with Crippen molar-refractivity contribution in [2.45, 2.75) is 13.0 Å². The van der Waals surface area contributed by atoms with E-state index in [0.29, 0.717) is 19.6 Å². The van der Waals surface area contributed by atoms with E-state index in [2.05, 4.69) is 5.32 Å². The highest BCUT2D eigenvalue weighted by atomic mass is 16.5. The molecule has 0 aliphatic rings. The van der Waals surface area contributed by atoms with Crippen LogP contribution in [0.1, 0.15) is 12.0 Å². The largest absolute Gasteiger partial charge is 0.497 e. The Labute approximate surface area is 95.6 Å². The average molecular weight is 223 g/mol. The van der Waals surface area contributed by atoms with E-state index in [1.165, 1.54) is 0 Å². The molecule has 0 fully saturated rings. The van der Waals surface area contributed by atoms with Crippen LogP contribution in [0.3, 0.4) is 0 Å². The van der Waals surface area contributed by atoms with Crippen LogP contribution in [0, 0.1) is 0 Å². The summed E-state index contributed by atoms with van der Waals surface area (Å²) >= 11 is 0. The van der Waals surface area contributed by atoms with Crippen molar-refractivity contribution in [1.82, 2.24) is 5.32 Å². The highest BCUT2D eigenvalue weighted by Crippen LogP contribution is 2.13. The van der Waals surface area contributed by atoms with Crippen LogP contribution in [-0.4, -0.2) is 26.7 Å². The molecule has 1 aromatic rings. The zero-order valence-electron chi connectivity index (χ0n) is 9.66. The summed E-state index contributed by atoms with van der Waals surface area (Å²) in [4.78, 5) is 11.2. The van der Waals surface area contributed by atoms with Crippen LogP contribution in [0.5, 0.6) is 5.75 Å². The zero-order chi connectivity index (χ0) is 11.8. The van der Waals surface area contributed by atoms with E-state index in [9.17, 15) is 4.79 Å². The molecule has 0 spiro atoms. The first-order chi connectivity index (χ1) is 7.76. The zero-order valence-corrected chi connectivity index (χ0v) is 9.66. The van der Waals surface area contributed by atoms with E-state index in [0.717, 1.165) is 11.3 Å². The third-order valence-corrected chi connectivity index (χ3v) is 2.11. The molecule has 1 N–H and O–H groups in total. The summed E-state index contributed by atoms with van der Waals surface area (Å²) < 4.78 is 10.2. The van der Waals surface area contributed by atoms with Gasteiger partial charge in [0.15, 0.2) is 0 Å². The van der Waals surface area contributed by atoms with Crippen molar-refractivity contribution >= 4 is 5.97 Å². The number of carbonyl (C=O) groups excluding carboxylic acids is 1. The molecule has 0 bridgehead atoms. The molecule has 4 heteroatoms. The number of methoxy groups -OCH3 is 1. The number of hydrogen-bond acceptors (Lipinski definition) is 4. The van der Waals surface area contributed by atoms with E-state index >= 15 is 0 Å². The molecule has 0 amide bonds. The Kier molecular flexibility index (Phi) is 5.36. The number of hydrogen-bond donors (Lipinski definition) is 1. The third kappa shape index (κ3) is 4.31. The lowest BCUT2D eigenvalue weighted by Gasteiger charge is -2.06. The van der Waals surface area contributed by atoms with Gasteiger partial charge in [-0.05, 0) is 24.7 Å². The van der Waals surface area contributed by atoms with Crippen molar-refractivity contribution < 1.29 is 14.3 Å². The summed E-state index contributed by atoms with van der Waals surface area (Å²) in [6.07, 6.45) is 0.389. The molecule has 4 nitrogen and oxygen atoms in total. The van der Waals surface area contributed by atoms with Crippen molar-refractivity contribution in [1.29, 1.82) is 0 Å². The van der Waals surface area contributed by atoms with Crippen molar-refractivity contribution in [3.8, 4) is 5.75 Å². The molecular formula is C12H17NO3. The molecular weight excluding hydrogens is 206 g/mol. The Morgan fingerprint density at radius 2 is 2.25 bits per heavy atom. The maximum Gasteiger partial charge on any atom is 0.307 e. The number of esters is 1. The van der Waals surface area contributed by atoms with E-state index < -0.39 is 0 Å². The fourth-order valence-corrected chi connectivity index (χ4v) is 1.23. The van der Waals surface area contributed by atoms with Crippen LogP contribution in [0.4, 0.5) is 0 Å². The van der Waals surface area contributed by atoms with Gasteiger partial charge in [-0.2, -0.15) is 0 Å². The van der Waals surface area contributed by atoms with Crippen molar-refractivity contribution in [3.05, 3.63) is 29.8 Å². The molecule has 0 aliphatic carbocycles. The second-order valence-electron chi connectivity index (χ2n) is 3.37. The molecule has 0 heterocycles. The fourth-order valence-electron chi connectivity index (χ4n) is 1.23. The second-order valence-corrected chi connectivity index (χ2v) is 3.37. The summed E-state index contributed by atoms with van der Waals surface area (Å²) in [6.45, 7) is 0.927. The minimum absolute atomic E-state index is 0.197. The van der Waals surface area contributed by atoms with Gasteiger partial charge in [0.05, 0.1) is 13.5 Å². The quantitative estimate of drug-likeness (QED) is 0.739. The minimum atomic E-state index is -0.197. The number of benzene rings is 1. The second kappa shape index (κ2) is 6.85. The van der Waals surface area contributed by atoms with Crippen LogP contribution in [-0.2, 0) is 16.1 Å². The molecule has 1 rings (SSSR count). The smallest absolute Gasteiger partial charge is 0.307 e. The molecule has 0 radical (unpaired) electrons. The molecule has 0 saturated carbocycles. The topological polar surface area (TPSA) is 47.6 Å². The van der Waals surface area contributed by atoms with Crippen LogP contribution in [0.25, 0.3) is 0 Å². The normalized spacial score (nSPS) is 9.88. The number of carbonyl (C=O) groups is 1. The van der Waals surface area contributed by atoms with Crippen LogP contribution >= 0.6 is 0 Å². The van der Waals surface area contributed by atoms with Crippen LogP contribution in [0.15, 0.2) is 24.3 Å². The van der Waals surface area contributed by atoms with Gasteiger partial charge in [-0.25, -0.2) is 0 Å². The third-order valence-electron chi connectivity index (χ3n) is 2.11. The van der Waals surface area contributed by atoms with E-state index in [1.54, 1.807) is 14.2 Å².